The molecule has 0 aliphatic carbocycles. The third kappa shape index (κ3) is 1.08. The molecule has 0 bridgehead atoms. The van der Waals surface area contributed by atoms with Gasteiger partial charge in [0, 0.05) is 10.6 Å². The number of hydrogen-bond donors (Lipinski definition) is 0. The third-order valence-corrected chi connectivity index (χ3v) is 2.90. The molecule has 0 aromatic carbocycles. The predicted molar refractivity (Wildman–Crippen MR) is 39.0 cm³/mol. The van der Waals surface area contributed by atoms with E-state index in [2.05, 4.69) is 22.9 Å². The minimum Gasteiger partial charge on any atom is -0.287 e. The topological polar surface area (TPSA) is 17.1 Å². The van der Waals surface area contributed by atoms with E-state index in [1.54, 1.807) is 0 Å². The van der Waals surface area contributed by atoms with Crippen molar-refractivity contribution in [3.05, 3.63) is 6.92 Å². The van der Waals surface area contributed by atoms with Crippen molar-refractivity contribution in [3.63, 3.8) is 0 Å². The Labute approximate surface area is 61.3 Å². The van der Waals surface area contributed by atoms with Gasteiger partial charge in [0.25, 0.3) is 0 Å². The number of carbonyl (C=O) groups is 1. The van der Waals surface area contributed by atoms with Gasteiger partial charge in [-0.2, -0.15) is 0 Å². The molecule has 3 heteroatoms. The zero-order chi connectivity index (χ0) is 6.15. The van der Waals surface area contributed by atoms with Crippen molar-refractivity contribution < 1.29 is 4.79 Å². The quantitative estimate of drug-likeness (QED) is 0.588. The highest BCUT2D eigenvalue weighted by Gasteiger charge is 2.32. The molecule has 1 nitrogen and oxygen atoms in total. The molecular weight excluding hydrogens is 188 g/mol. The highest BCUT2D eigenvalue weighted by molar-refractivity contribution is 9.09. The Hall–Kier alpha value is 0.500. The standard InChI is InChI=1S/C5H6BrOS/c1-3(6)4-2-8-5(4)7/h3-4H,1-2H2. The molecule has 1 heterocycles. The molecule has 2 unspecified atom stereocenters. The smallest absolute Gasteiger partial charge is 0.194 e. The van der Waals surface area contributed by atoms with Gasteiger partial charge in [0.05, 0.1) is 5.92 Å². The summed E-state index contributed by atoms with van der Waals surface area (Å²) in [5.74, 6) is 1.12. The fourth-order valence-electron chi connectivity index (χ4n) is 0.500. The Kier molecular flexibility index (Phi) is 1.98. The lowest BCUT2D eigenvalue weighted by Crippen LogP contribution is -2.31. The van der Waals surface area contributed by atoms with Gasteiger partial charge in [-0.25, -0.2) is 0 Å². The maximum Gasteiger partial charge on any atom is 0.194 e. The zero-order valence-electron chi connectivity index (χ0n) is 4.26. The maximum atomic E-state index is 10.6. The van der Waals surface area contributed by atoms with Crippen molar-refractivity contribution in [1.82, 2.24) is 0 Å². The molecule has 0 aromatic heterocycles. The molecule has 1 fully saturated rings. The molecule has 0 spiro atoms. The Morgan fingerprint density at radius 2 is 2.62 bits per heavy atom. The van der Waals surface area contributed by atoms with Crippen LogP contribution in [0.1, 0.15) is 0 Å². The van der Waals surface area contributed by atoms with Crippen molar-refractivity contribution in [3.8, 4) is 0 Å². The molecule has 1 radical (unpaired) electrons. The molecule has 1 rings (SSSR count). The number of carbonyl (C=O) groups excluding carboxylic acids is 1. The third-order valence-electron chi connectivity index (χ3n) is 1.14. The first-order chi connectivity index (χ1) is 3.72. The van der Waals surface area contributed by atoms with Gasteiger partial charge in [0.1, 0.15) is 0 Å². The Morgan fingerprint density at radius 1 is 2.00 bits per heavy atom. The minimum absolute atomic E-state index is 0.122. The number of rotatable bonds is 1. The van der Waals surface area contributed by atoms with Crippen molar-refractivity contribution in [2.45, 2.75) is 4.83 Å². The predicted octanol–water partition coefficient (Wildman–Crippen LogP) is 1.47. The Balaban J connectivity index is 2.37. The van der Waals surface area contributed by atoms with Crippen LogP contribution in [0.15, 0.2) is 0 Å². The van der Waals surface area contributed by atoms with Crippen LogP contribution in [-0.2, 0) is 4.79 Å². The molecule has 1 aliphatic rings. The van der Waals surface area contributed by atoms with Gasteiger partial charge in [-0.1, -0.05) is 27.7 Å². The van der Waals surface area contributed by atoms with Gasteiger partial charge in [0.15, 0.2) is 5.12 Å². The van der Waals surface area contributed by atoms with E-state index in [1.165, 1.54) is 11.8 Å². The molecule has 2 atom stereocenters. The van der Waals surface area contributed by atoms with Crippen molar-refractivity contribution >= 4 is 32.8 Å². The van der Waals surface area contributed by atoms with Crippen LogP contribution in [0.2, 0.25) is 0 Å². The minimum atomic E-state index is 0.122. The van der Waals surface area contributed by atoms with Crippen molar-refractivity contribution in [2.24, 2.45) is 5.92 Å². The van der Waals surface area contributed by atoms with Crippen LogP contribution >= 0.6 is 27.7 Å². The fraction of sp³-hybridized carbons (Fsp3) is 0.600. The summed E-state index contributed by atoms with van der Waals surface area (Å²) in [6, 6.07) is 0. The lowest BCUT2D eigenvalue weighted by molar-refractivity contribution is -0.114. The summed E-state index contributed by atoms with van der Waals surface area (Å²) >= 11 is 4.63. The molecular formula is C5H6BrOS. The zero-order valence-corrected chi connectivity index (χ0v) is 6.67. The van der Waals surface area contributed by atoms with E-state index >= 15 is 0 Å². The van der Waals surface area contributed by atoms with Gasteiger partial charge in [0.2, 0.25) is 0 Å². The highest BCUT2D eigenvalue weighted by Crippen LogP contribution is 2.32. The summed E-state index contributed by atoms with van der Waals surface area (Å²) in [6.07, 6.45) is 0. The van der Waals surface area contributed by atoms with Crippen molar-refractivity contribution in [1.29, 1.82) is 0 Å². The van der Waals surface area contributed by atoms with Crippen LogP contribution in [0.25, 0.3) is 0 Å². The second kappa shape index (κ2) is 2.40. The van der Waals surface area contributed by atoms with E-state index in [0.717, 1.165) is 5.75 Å². The molecule has 0 N–H and O–H groups in total. The normalized spacial score (nSPS) is 31.8. The first-order valence-electron chi connectivity index (χ1n) is 2.35. The molecule has 1 aliphatic heterocycles. The molecule has 8 heavy (non-hydrogen) atoms. The van der Waals surface area contributed by atoms with E-state index in [1.807, 2.05) is 0 Å². The average molecular weight is 194 g/mol. The summed E-state index contributed by atoms with van der Waals surface area (Å²) in [5.41, 5.74) is 0. The SMILES string of the molecule is [CH2]C(Br)C1CSC1=O. The van der Waals surface area contributed by atoms with Crippen LogP contribution in [0.3, 0.4) is 0 Å². The first-order valence-corrected chi connectivity index (χ1v) is 4.25. The van der Waals surface area contributed by atoms with Crippen LogP contribution in [0, 0.1) is 12.8 Å². The van der Waals surface area contributed by atoms with Crippen LogP contribution < -0.4 is 0 Å². The second-order valence-electron chi connectivity index (χ2n) is 1.75. The summed E-state index contributed by atoms with van der Waals surface area (Å²) in [6.45, 7) is 3.69. The van der Waals surface area contributed by atoms with Gasteiger partial charge >= 0.3 is 0 Å². The maximum absolute atomic E-state index is 10.6. The van der Waals surface area contributed by atoms with Gasteiger partial charge < -0.3 is 0 Å². The van der Waals surface area contributed by atoms with E-state index in [-0.39, 0.29) is 15.9 Å². The van der Waals surface area contributed by atoms with E-state index in [4.69, 9.17) is 0 Å². The second-order valence-corrected chi connectivity index (χ2v) is 3.95. The van der Waals surface area contributed by atoms with Crippen molar-refractivity contribution in [2.75, 3.05) is 5.75 Å². The lowest BCUT2D eigenvalue weighted by Gasteiger charge is -2.24. The summed E-state index contributed by atoms with van der Waals surface area (Å²) in [5, 5.41) is 0.280. The molecule has 1 saturated heterocycles. The highest BCUT2D eigenvalue weighted by atomic mass is 79.9. The van der Waals surface area contributed by atoms with E-state index in [9.17, 15) is 4.79 Å². The fourth-order valence-corrected chi connectivity index (χ4v) is 2.24. The number of hydrogen-bond acceptors (Lipinski definition) is 2. The van der Waals surface area contributed by atoms with Gasteiger partial charge in [-0.3, -0.25) is 4.79 Å². The summed E-state index contributed by atoms with van der Waals surface area (Å²) < 4.78 is 0. The van der Waals surface area contributed by atoms with E-state index < -0.39 is 0 Å². The Morgan fingerprint density at radius 3 is 2.62 bits per heavy atom. The monoisotopic (exact) mass is 193 g/mol. The van der Waals surface area contributed by atoms with Crippen LogP contribution in [-0.4, -0.2) is 15.7 Å². The Bertz CT molecular complexity index is 113. The van der Waals surface area contributed by atoms with Gasteiger partial charge in [-0.05, 0) is 6.92 Å². The molecule has 0 aromatic rings. The molecule has 45 valence electrons. The van der Waals surface area contributed by atoms with Crippen LogP contribution in [0.4, 0.5) is 0 Å². The summed E-state index contributed by atoms with van der Waals surface area (Å²) in [4.78, 5) is 10.7. The number of alkyl halides is 1. The number of halogens is 1. The van der Waals surface area contributed by atoms with Crippen LogP contribution in [0.5, 0.6) is 0 Å². The lowest BCUT2D eigenvalue weighted by atomic mass is 10.1. The molecule has 0 amide bonds. The molecule has 0 saturated carbocycles. The first kappa shape index (κ1) is 6.62. The van der Waals surface area contributed by atoms with E-state index in [0.29, 0.717) is 0 Å². The van der Waals surface area contributed by atoms with Gasteiger partial charge in [-0.15, -0.1) is 0 Å². The summed E-state index contributed by atoms with van der Waals surface area (Å²) in [7, 11) is 0. The average Bonchev–Trinajstić information content (AvgIpc) is 1.61. The largest absolute Gasteiger partial charge is 0.287 e. The number of thioether (sulfide) groups is 1.